The molecule has 31 heavy (non-hydrogen) atoms. The molecule has 0 atom stereocenters. The molecule has 0 saturated heterocycles. The summed E-state index contributed by atoms with van der Waals surface area (Å²) in [6, 6.07) is 18.5. The standard InChI is InChI=1S/C23H24N2O5S/c1-16-5-4-6-19(13-16)24-23(26)15-30-22-12-11-21(14-17(22)2)31(27,28)25-18-7-9-20(29-3)10-8-18/h4-14,25H,15H2,1-3H3,(H,24,26). The summed E-state index contributed by atoms with van der Waals surface area (Å²) in [6.07, 6.45) is 0. The van der Waals surface area contributed by atoms with Crippen LogP contribution in [0, 0.1) is 13.8 Å². The third kappa shape index (κ3) is 5.99. The van der Waals surface area contributed by atoms with Gasteiger partial charge in [-0.15, -0.1) is 0 Å². The number of ether oxygens (including phenoxy) is 2. The molecule has 0 radical (unpaired) electrons. The molecule has 162 valence electrons. The number of sulfonamides is 1. The highest BCUT2D eigenvalue weighted by molar-refractivity contribution is 7.92. The lowest BCUT2D eigenvalue weighted by Crippen LogP contribution is -2.20. The van der Waals surface area contributed by atoms with Crippen molar-refractivity contribution in [1.82, 2.24) is 0 Å². The SMILES string of the molecule is COc1ccc(NS(=O)(=O)c2ccc(OCC(=O)Nc3cccc(C)c3)c(C)c2)cc1. The zero-order valence-electron chi connectivity index (χ0n) is 17.5. The summed E-state index contributed by atoms with van der Waals surface area (Å²) >= 11 is 0. The summed E-state index contributed by atoms with van der Waals surface area (Å²) in [7, 11) is -2.23. The second-order valence-electron chi connectivity index (χ2n) is 6.97. The first-order valence-electron chi connectivity index (χ1n) is 9.54. The molecular formula is C23H24N2O5S. The van der Waals surface area contributed by atoms with E-state index in [9.17, 15) is 13.2 Å². The van der Waals surface area contributed by atoms with Crippen LogP contribution in [-0.4, -0.2) is 28.0 Å². The maximum absolute atomic E-state index is 12.7. The Bertz CT molecular complexity index is 1170. The van der Waals surface area contributed by atoms with Crippen molar-refractivity contribution in [1.29, 1.82) is 0 Å². The van der Waals surface area contributed by atoms with Gasteiger partial charge in [-0.25, -0.2) is 8.42 Å². The molecule has 0 aromatic heterocycles. The number of nitrogens with one attached hydrogen (secondary N) is 2. The molecule has 0 aliphatic heterocycles. The molecule has 0 saturated carbocycles. The van der Waals surface area contributed by atoms with Crippen molar-refractivity contribution in [2.75, 3.05) is 23.8 Å². The van der Waals surface area contributed by atoms with Crippen LogP contribution in [0.15, 0.2) is 71.6 Å². The average molecular weight is 441 g/mol. The van der Waals surface area contributed by atoms with Crippen molar-refractivity contribution in [2.45, 2.75) is 18.7 Å². The van der Waals surface area contributed by atoms with E-state index < -0.39 is 10.0 Å². The minimum atomic E-state index is -3.77. The molecule has 0 bridgehead atoms. The first-order chi connectivity index (χ1) is 14.8. The molecule has 0 fully saturated rings. The van der Waals surface area contributed by atoms with E-state index >= 15 is 0 Å². The zero-order valence-corrected chi connectivity index (χ0v) is 18.3. The van der Waals surface area contributed by atoms with E-state index in [-0.39, 0.29) is 17.4 Å². The Kier molecular flexibility index (Phi) is 6.81. The molecule has 3 rings (SSSR count). The van der Waals surface area contributed by atoms with Gasteiger partial charge in [-0.2, -0.15) is 0 Å². The van der Waals surface area contributed by atoms with Gasteiger partial charge in [0, 0.05) is 11.4 Å². The van der Waals surface area contributed by atoms with Gasteiger partial charge in [0.1, 0.15) is 11.5 Å². The molecule has 0 heterocycles. The van der Waals surface area contributed by atoms with Crippen molar-refractivity contribution in [3.05, 3.63) is 77.9 Å². The first-order valence-corrected chi connectivity index (χ1v) is 11.0. The third-order valence-corrected chi connectivity index (χ3v) is 5.84. The van der Waals surface area contributed by atoms with Crippen molar-refractivity contribution in [3.63, 3.8) is 0 Å². The number of anilines is 2. The summed E-state index contributed by atoms with van der Waals surface area (Å²) < 4.78 is 38.5. The van der Waals surface area contributed by atoms with Gasteiger partial charge in [-0.3, -0.25) is 9.52 Å². The molecule has 7 nitrogen and oxygen atoms in total. The van der Waals surface area contributed by atoms with Gasteiger partial charge < -0.3 is 14.8 Å². The molecule has 0 aliphatic rings. The van der Waals surface area contributed by atoms with Crippen LogP contribution in [0.25, 0.3) is 0 Å². The van der Waals surface area contributed by atoms with Crippen molar-refractivity contribution < 1.29 is 22.7 Å². The number of methoxy groups -OCH3 is 1. The summed E-state index contributed by atoms with van der Waals surface area (Å²) in [5.74, 6) is 0.761. The topological polar surface area (TPSA) is 93.7 Å². The van der Waals surface area contributed by atoms with E-state index in [1.54, 1.807) is 37.3 Å². The quantitative estimate of drug-likeness (QED) is 0.549. The summed E-state index contributed by atoms with van der Waals surface area (Å²) in [5, 5.41) is 2.76. The Morgan fingerprint density at radius 3 is 2.32 bits per heavy atom. The van der Waals surface area contributed by atoms with Crippen LogP contribution >= 0.6 is 0 Å². The molecule has 1 amide bonds. The minimum Gasteiger partial charge on any atom is -0.497 e. The lowest BCUT2D eigenvalue weighted by molar-refractivity contribution is -0.118. The van der Waals surface area contributed by atoms with E-state index in [1.807, 2.05) is 25.1 Å². The molecular weight excluding hydrogens is 416 g/mol. The van der Waals surface area contributed by atoms with Crippen molar-refractivity contribution in [3.8, 4) is 11.5 Å². The molecule has 3 aromatic carbocycles. The minimum absolute atomic E-state index is 0.0948. The molecule has 0 aliphatic carbocycles. The van der Waals surface area contributed by atoms with Crippen molar-refractivity contribution in [2.24, 2.45) is 0 Å². The number of carbonyl (C=O) groups is 1. The molecule has 0 spiro atoms. The van der Waals surface area contributed by atoms with Crippen LogP contribution in [0.1, 0.15) is 11.1 Å². The Labute approximate surface area is 182 Å². The largest absolute Gasteiger partial charge is 0.497 e. The van der Waals surface area contributed by atoms with Crippen molar-refractivity contribution >= 4 is 27.3 Å². The number of benzene rings is 3. The predicted octanol–water partition coefficient (Wildman–Crippen LogP) is 4.13. The van der Waals surface area contributed by atoms with Crippen LogP contribution in [0.3, 0.4) is 0 Å². The van der Waals surface area contributed by atoms with Gasteiger partial charge in [-0.05, 0) is 79.6 Å². The summed E-state index contributed by atoms with van der Waals surface area (Å²) in [5.41, 5.74) is 2.75. The number of rotatable bonds is 8. The highest BCUT2D eigenvalue weighted by atomic mass is 32.2. The fraction of sp³-hybridized carbons (Fsp3) is 0.174. The van der Waals surface area contributed by atoms with Gasteiger partial charge in [0.05, 0.1) is 12.0 Å². The van der Waals surface area contributed by atoms with E-state index in [2.05, 4.69) is 10.0 Å². The second kappa shape index (κ2) is 9.53. The van der Waals surface area contributed by atoms with E-state index in [1.165, 1.54) is 25.3 Å². The molecule has 3 aromatic rings. The van der Waals surface area contributed by atoms with Gasteiger partial charge in [0.15, 0.2) is 6.61 Å². The number of hydrogen-bond acceptors (Lipinski definition) is 5. The van der Waals surface area contributed by atoms with Gasteiger partial charge in [0.2, 0.25) is 0 Å². The molecule has 2 N–H and O–H groups in total. The van der Waals surface area contributed by atoms with Crippen LogP contribution in [0.2, 0.25) is 0 Å². The van der Waals surface area contributed by atoms with Crippen LogP contribution < -0.4 is 19.5 Å². The maximum Gasteiger partial charge on any atom is 0.262 e. The number of carbonyl (C=O) groups excluding carboxylic acids is 1. The van der Waals surface area contributed by atoms with Crippen LogP contribution in [0.4, 0.5) is 11.4 Å². The number of aryl methyl sites for hydroxylation is 2. The predicted molar refractivity (Wildman–Crippen MR) is 120 cm³/mol. The van der Waals surface area contributed by atoms with Gasteiger partial charge in [0.25, 0.3) is 15.9 Å². The summed E-state index contributed by atoms with van der Waals surface area (Å²) in [4.78, 5) is 12.2. The van der Waals surface area contributed by atoms with Crippen LogP contribution in [-0.2, 0) is 14.8 Å². The smallest absolute Gasteiger partial charge is 0.262 e. The highest BCUT2D eigenvalue weighted by Crippen LogP contribution is 2.24. The highest BCUT2D eigenvalue weighted by Gasteiger charge is 2.16. The fourth-order valence-electron chi connectivity index (χ4n) is 2.89. The average Bonchev–Trinajstić information content (AvgIpc) is 2.73. The second-order valence-corrected chi connectivity index (χ2v) is 8.65. The van der Waals surface area contributed by atoms with Crippen LogP contribution in [0.5, 0.6) is 11.5 Å². The van der Waals surface area contributed by atoms with E-state index in [0.29, 0.717) is 28.4 Å². The van der Waals surface area contributed by atoms with Gasteiger partial charge >= 0.3 is 0 Å². The third-order valence-electron chi connectivity index (χ3n) is 4.46. The Morgan fingerprint density at radius 2 is 1.68 bits per heavy atom. The Balaban J connectivity index is 1.63. The molecule has 0 unspecified atom stereocenters. The number of amides is 1. The maximum atomic E-state index is 12.7. The molecule has 8 heteroatoms. The zero-order chi connectivity index (χ0) is 22.4. The lowest BCUT2D eigenvalue weighted by Gasteiger charge is -2.13. The number of hydrogen-bond donors (Lipinski definition) is 2. The fourth-order valence-corrected chi connectivity index (χ4v) is 4.03. The Morgan fingerprint density at radius 1 is 0.935 bits per heavy atom. The monoisotopic (exact) mass is 440 g/mol. The van der Waals surface area contributed by atoms with E-state index in [0.717, 1.165) is 5.56 Å². The normalized spacial score (nSPS) is 10.9. The first kappa shape index (κ1) is 22.2. The van der Waals surface area contributed by atoms with E-state index in [4.69, 9.17) is 9.47 Å². The lowest BCUT2D eigenvalue weighted by atomic mass is 10.2. The summed E-state index contributed by atoms with van der Waals surface area (Å²) in [6.45, 7) is 3.47. The Hall–Kier alpha value is -3.52. The van der Waals surface area contributed by atoms with Gasteiger partial charge in [-0.1, -0.05) is 12.1 Å².